The molecule has 6 nitrogen and oxygen atoms in total. The van der Waals surface area contributed by atoms with Crippen LogP contribution in [-0.2, 0) is 13.1 Å². The van der Waals surface area contributed by atoms with Gasteiger partial charge < -0.3 is 19.9 Å². The predicted molar refractivity (Wildman–Crippen MR) is 114 cm³/mol. The van der Waals surface area contributed by atoms with Crippen molar-refractivity contribution < 1.29 is 14.6 Å². The monoisotopic (exact) mass is 395 g/mol. The van der Waals surface area contributed by atoms with E-state index in [2.05, 4.69) is 23.6 Å². The summed E-state index contributed by atoms with van der Waals surface area (Å²) in [5.41, 5.74) is 3.30. The van der Waals surface area contributed by atoms with Crippen molar-refractivity contribution in [1.29, 1.82) is 0 Å². The van der Waals surface area contributed by atoms with Gasteiger partial charge in [0.2, 0.25) is 0 Å². The first-order valence-electron chi connectivity index (χ1n) is 9.65. The molecule has 154 valence electrons. The first-order valence-corrected chi connectivity index (χ1v) is 9.65. The van der Waals surface area contributed by atoms with Gasteiger partial charge in [-0.2, -0.15) is 5.10 Å². The summed E-state index contributed by atoms with van der Waals surface area (Å²) in [7, 11) is 3.25. The number of aromatic nitrogens is 2. The van der Waals surface area contributed by atoms with Gasteiger partial charge in [0.05, 0.1) is 32.1 Å². The summed E-state index contributed by atoms with van der Waals surface area (Å²) in [5.74, 6) is 1.35. The number of benzene rings is 2. The Morgan fingerprint density at radius 3 is 2.41 bits per heavy atom. The predicted octanol–water partition coefficient (Wildman–Crippen LogP) is 3.48. The van der Waals surface area contributed by atoms with Crippen LogP contribution < -0.4 is 14.8 Å². The molecule has 0 spiro atoms. The highest BCUT2D eigenvalue weighted by molar-refractivity contribution is 5.66. The Morgan fingerprint density at radius 2 is 1.76 bits per heavy atom. The highest BCUT2D eigenvalue weighted by Crippen LogP contribution is 2.33. The zero-order valence-electron chi connectivity index (χ0n) is 17.5. The molecular weight excluding hydrogens is 366 g/mol. The molecule has 0 aliphatic carbocycles. The van der Waals surface area contributed by atoms with Crippen LogP contribution in [0.15, 0.2) is 54.7 Å². The van der Waals surface area contributed by atoms with Crippen molar-refractivity contribution in [1.82, 2.24) is 15.1 Å². The molecule has 0 saturated carbocycles. The lowest BCUT2D eigenvalue weighted by atomic mass is 10.1. The van der Waals surface area contributed by atoms with Crippen LogP contribution in [0.1, 0.15) is 25.0 Å². The second-order valence-electron chi connectivity index (χ2n) is 7.67. The van der Waals surface area contributed by atoms with E-state index in [9.17, 15) is 5.11 Å². The van der Waals surface area contributed by atoms with Gasteiger partial charge in [0.25, 0.3) is 0 Å². The lowest BCUT2D eigenvalue weighted by Crippen LogP contribution is -2.34. The zero-order valence-corrected chi connectivity index (χ0v) is 17.5. The van der Waals surface area contributed by atoms with E-state index >= 15 is 0 Å². The minimum absolute atomic E-state index is 0.488. The van der Waals surface area contributed by atoms with Gasteiger partial charge in [-0.15, -0.1) is 0 Å². The summed E-state index contributed by atoms with van der Waals surface area (Å²) in [4.78, 5) is 0. The number of methoxy groups -OCH3 is 2. The second-order valence-corrected chi connectivity index (χ2v) is 7.67. The molecule has 2 N–H and O–H groups in total. The summed E-state index contributed by atoms with van der Waals surface area (Å²) in [5, 5.41) is 18.2. The summed E-state index contributed by atoms with van der Waals surface area (Å²) in [6, 6.07) is 16.0. The number of ether oxygens (including phenoxy) is 2. The molecule has 1 heterocycles. The SMILES string of the molecule is COc1ccc(-c2nn(Cc3ccccc3)cc2CNCC(C)(C)O)cc1OC. The fraction of sp³-hybridized carbons (Fsp3) is 0.348. The standard InChI is InChI=1S/C23H29N3O3/c1-23(2,27)16-24-13-19-15-26(14-17-8-6-5-7-9-17)25-22(19)18-10-11-20(28-3)21(12-18)29-4/h5-12,15,24,27H,13-14,16H2,1-4H3. The zero-order chi connectivity index (χ0) is 20.9. The van der Waals surface area contributed by atoms with E-state index in [1.54, 1.807) is 28.1 Å². The number of aliphatic hydroxyl groups is 1. The van der Waals surface area contributed by atoms with Crippen LogP contribution in [0.25, 0.3) is 11.3 Å². The summed E-state index contributed by atoms with van der Waals surface area (Å²) >= 11 is 0. The summed E-state index contributed by atoms with van der Waals surface area (Å²) in [6.07, 6.45) is 2.05. The number of nitrogens with one attached hydrogen (secondary N) is 1. The van der Waals surface area contributed by atoms with Crippen LogP contribution in [0.4, 0.5) is 0 Å². The normalized spacial score (nSPS) is 11.5. The minimum atomic E-state index is -0.774. The van der Waals surface area contributed by atoms with Crippen LogP contribution in [0.3, 0.4) is 0 Å². The highest BCUT2D eigenvalue weighted by atomic mass is 16.5. The molecule has 3 rings (SSSR count). The van der Waals surface area contributed by atoms with Gasteiger partial charge in [-0.25, -0.2) is 0 Å². The molecule has 29 heavy (non-hydrogen) atoms. The van der Waals surface area contributed by atoms with Gasteiger partial charge in [0, 0.05) is 30.4 Å². The van der Waals surface area contributed by atoms with E-state index < -0.39 is 5.60 Å². The average molecular weight is 396 g/mol. The maximum Gasteiger partial charge on any atom is 0.161 e. The molecule has 0 radical (unpaired) electrons. The van der Waals surface area contributed by atoms with Gasteiger partial charge in [-0.1, -0.05) is 30.3 Å². The molecule has 0 unspecified atom stereocenters. The second kappa shape index (κ2) is 9.11. The minimum Gasteiger partial charge on any atom is -0.493 e. The molecule has 6 heteroatoms. The van der Waals surface area contributed by atoms with Crippen molar-refractivity contribution in [2.24, 2.45) is 0 Å². The fourth-order valence-electron chi connectivity index (χ4n) is 3.17. The van der Waals surface area contributed by atoms with Crippen LogP contribution in [0.2, 0.25) is 0 Å². The van der Waals surface area contributed by atoms with Gasteiger partial charge in [-0.3, -0.25) is 4.68 Å². The topological polar surface area (TPSA) is 68.5 Å². The van der Waals surface area contributed by atoms with Crippen molar-refractivity contribution in [3.63, 3.8) is 0 Å². The van der Waals surface area contributed by atoms with Crippen molar-refractivity contribution >= 4 is 0 Å². The molecule has 0 aliphatic rings. The van der Waals surface area contributed by atoms with Gasteiger partial charge in [0.15, 0.2) is 11.5 Å². The maximum atomic E-state index is 9.99. The largest absolute Gasteiger partial charge is 0.493 e. The molecule has 2 aromatic carbocycles. The van der Waals surface area contributed by atoms with E-state index in [1.165, 1.54) is 5.56 Å². The Hall–Kier alpha value is -2.83. The average Bonchev–Trinajstić information content (AvgIpc) is 3.09. The molecular formula is C23H29N3O3. The van der Waals surface area contributed by atoms with E-state index in [-0.39, 0.29) is 0 Å². The third kappa shape index (κ3) is 5.59. The van der Waals surface area contributed by atoms with E-state index in [4.69, 9.17) is 14.6 Å². The molecule has 1 aromatic heterocycles. The van der Waals surface area contributed by atoms with Gasteiger partial charge in [0.1, 0.15) is 0 Å². The number of hydrogen-bond donors (Lipinski definition) is 2. The van der Waals surface area contributed by atoms with Crippen LogP contribution in [0.5, 0.6) is 11.5 Å². The Kier molecular flexibility index (Phi) is 6.56. The molecule has 0 bridgehead atoms. The quantitative estimate of drug-likeness (QED) is 0.581. The van der Waals surface area contributed by atoms with E-state index in [0.717, 1.165) is 16.8 Å². The third-order valence-electron chi connectivity index (χ3n) is 4.55. The molecule has 3 aromatic rings. The highest BCUT2D eigenvalue weighted by Gasteiger charge is 2.16. The first-order chi connectivity index (χ1) is 13.9. The van der Waals surface area contributed by atoms with Crippen LogP contribution >= 0.6 is 0 Å². The lowest BCUT2D eigenvalue weighted by Gasteiger charge is -2.17. The van der Waals surface area contributed by atoms with E-state index in [0.29, 0.717) is 31.1 Å². The van der Waals surface area contributed by atoms with Crippen LogP contribution in [-0.4, -0.2) is 41.3 Å². The third-order valence-corrected chi connectivity index (χ3v) is 4.55. The number of rotatable bonds is 9. The van der Waals surface area contributed by atoms with Gasteiger partial charge >= 0.3 is 0 Å². The van der Waals surface area contributed by atoms with Crippen molar-refractivity contribution in [3.05, 3.63) is 65.9 Å². The van der Waals surface area contributed by atoms with Gasteiger partial charge in [-0.05, 0) is 37.6 Å². The molecule has 0 atom stereocenters. The van der Waals surface area contributed by atoms with Crippen LogP contribution in [0, 0.1) is 0 Å². The number of nitrogens with zero attached hydrogens (tertiary/aromatic N) is 2. The Bertz CT molecular complexity index is 930. The van der Waals surface area contributed by atoms with Crippen molar-refractivity contribution in [2.75, 3.05) is 20.8 Å². The Morgan fingerprint density at radius 1 is 1.03 bits per heavy atom. The van der Waals surface area contributed by atoms with E-state index in [1.807, 2.05) is 41.1 Å². The number of hydrogen-bond acceptors (Lipinski definition) is 5. The molecule has 0 amide bonds. The lowest BCUT2D eigenvalue weighted by molar-refractivity contribution is 0.0795. The summed E-state index contributed by atoms with van der Waals surface area (Å²) in [6.45, 7) is 5.35. The molecule has 0 saturated heterocycles. The fourth-order valence-corrected chi connectivity index (χ4v) is 3.17. The smallest absolute Gasteiger partial charge is 0.161 e. The summed E-state index contributed by atoms with van der Waals surface area (Å²) < 4.78 is 12.8. The Labute approximate surface area is 172 Å². The molecule has 0 fully saturated rings. The van der Waals surface area contributed by atoms with Crippen molar-refractivity contribution in [3.8, 4) is 22.8 Å². The van der Waals surface area contributed by atoms with Crippen molar-refractivity contribution in [2.45, 2.75) is 32.5 Å². The molecule has 0 aliphatic heterocycles. The first kappa shape index (κ1) is 20.9. The maximum absolute atomic E-state index is 9.99. The Balaban J connectivity index is 1.92.